The summed E-state index contributed by atoms with van der Waals surface area (Å²) >= 11 is -0.786. The minimum absolute atomic E-state index is 0.0144. The number of carbonyl (C=O) groups excluding carboxylic acids is 12. The van der Waals surface area contributed by atoms with E-state index in [1.54, 1.807) is 64.1 Å². The van der Waals surface area contributed by atoms with E-state index in [0.717, 1.165) is 30.5 Å². The number of carbonyl (C=O) groups is 16. The van der Waals surface area contributed by atoms with Crippen molar-refractivity contribution < 1.29 is 97.1 Å². The van der Waals surface area contributed by atoms with Crippen molar-refractivity contribution in [1.29, 1.82) is 0 Å². The van der Waals surface area contributed by atoms with Crippen molar-refractivity contribution in [2.45, 2.75) is 254 Å². The Labute approximate surface area is 698 Å². The number of benzene rings is 2. The quantitative estimate of drug-likeness (QED) is 0.0196. The van der Waals surface area contributed by atoms with Gasteiger partial charge in [-0.2, -0.15) is 0 Å². The van der Waals surface area contributed by atoms with Gasteiger partial charge < -0.3 is 42.9 Å². The minimum Gasteiger partial charge on any atom is -0.480 e. The molecule has 2 rings (SSSR count). The predicted molar refractivity (Wildman–Crippen MR) is 441 cm³/mol. The number of aliphatic carboxylic acids is 4. The van der Waals surface area contributed by atoms with Gasteiger partial charge >= 0.3 is 469 Å². The largest absolute Gasteiger partial charge is 0.480 e. The van der Waals surface area contributed by atoms with Crippen molar-refractivity contribution in [1.82, 2.24) is 63.8 Å². The van der Waals surface area contributed by atoms with Crippen LogP contribution in [0.25, 0.3) is 0 Å². The van der Waals surface area contributed by atoms with Gasteiger partial charge in [0.2, 0.25) is 11.8 Å². The Morgan fingerprint density at radius 2 is 0.629 bits per heavy atom. The van der Waals surface area contributed by atoms with E-state index in [4.69, 9.17) is 22.9 Å². The number of nitrogens with one attached hydrogen (secondary N) is 12. The van der Waals surface area contributed by atoms with E-state index in [2.05, 4.69) is 63.8 Å². The standard InChI is InChI=1S/C76H122N16O20S2Se2/c1-11-43(7)61(75(109)110)91-69(103)51(27-19-21-33-77)85-71(105)55(87-67(101)53(29-31-59(93)94)83-63(97)45(9)81-73(107)57(39-115-47-23-15-13-16-24-47)89-65(99)49(79)35-41(3)4)37-113-114-38-56(72(106)86-52(28-20-22-34-78)70(104)92-62(76(111)112)44(8)12-2)88-68(102)54(30-32-60(95)96)84-64(98)46(10)82-74(108)58(40-116-48-25-17-14-18-26-48)90-66(100)50(80)36-42(5)6/h13-18,23-26,41-46,49-58,61-62H,11-12,19-22,27-40,77-80H2,1-10H3,(H,81,107)(H,82,108)(H,83,97)(H,84,98)(H,85,105)(H,86,106)(H,87,101)(H,88,102)(H,89,99)(H,90,100)(H,91,103)(H,92,104)(H,93,94)(H,95,96)(H,109,110)(H,111,112)/t43-,44-,45-,46-,49-,50-,51-,52-,53-,54-,55-,56-,57-,58-,61-,62-/m0/s1. The minimum atomic E-state index is -1.81. The van der Waals surface area contributed by atoms with E-state index in [-0.39, 0.29) is 74.1 Å². The average Bonchev–Trinajstić information content (AvgIpc) is 0.858. The molecule has 16 atom stereocenters. The number of unbranched alkanes of at least 4 members (excludes halogenated alkanes) is 2. The van der Waals surface area contributed by atoms with Crippen molar-refractivity contribution in [3.63, 3.8) is 0 Å². The van der Waals surface area contributed by atoms with Crippen LogP contribution >= 0.6 is 21.6 Å². The Hall–Kier alpha value is -8.46. The maximum atomic E-state index is 14.9. The first-order valence-corrected chi connectivity index (χ1v) is 45.4. The number of rotatable bonds is 59. The van der Waals surface area contributed by atoms with E-state index in [1.165, 1.54) is 13.8 Å². The first kappa shape index (κ1) is 104. The van der Waals surface area contributed by atoms with Crippen molar-refractivity contribution in [2.75, 3.05) is 24.6 Å². The molecule has 650 valence electrons. The summed E-state index contributed by atoms with van der Waals surface area (Å²) in [6, 6.07) is -2.32. The Kier molecular flexibility index (Phi) is 50.0. The van der Waals surface area contributed by atoms with Crippen LogP contribution in [0.2, 0.25) is 10.6 Å². The van der Waals surface area contributed by atoms with Crippen molar-refractivity contribution >= 4 is 155 Å². The van der Waals surface area contributed by atoms with Crippen molar-refractivity contribution in [2.24, 2.45) is 46.6 Å². The van der Waals surface area contributed by atoms with Gasteiger partial charge in [0.05, 0.1) is 0 Å². The molecule has 2 aromatic carbocycles. The van der Waals surface area contributed by atoms with Gasteiger partial charge in [0.15, 0.2) is 0 Å². The van der Waals surface area contributed by atoms with E-state index in [9.17, 15) is 97.1 Å². The summed E-state index contributed by atoms with van der Waals surface area (Å²) in [5.74, 6) is -19.4. The molecule has 116 heavy (non-hydrogen) atoms. The summed E-state index contributed by atoms with van der Waals surface area (Å²) < 4.78 is 1.76. The summed E-state index contributed by atoms with van der Waals surface area (Å²) in [6.45, 7) is 16.8. The molecule has 2 aromatic rings. The zero-order valence-electron chi connectivity index (χ0n) is 67.6. The summed E-state index contributed by atoms with van der Waals surface area (Å²) in [5, 5.41) is 70.9. The third kappa shape index (κ3) is 40.6. The average molecular weight is 1800 g/mol. The summed E-state index contributed by atoms with van der Waals surface area (Å²) in [5.41, 5.74) is 24.0. The SMILES string of the molecule is CC[C@H](C)[C@H](NC(=O)[C@H](CCCCN)NC(=O)[C@H](CSSC[C@H](NC(=O)[C@H](CCC(=O)O)NC(=O)[C@H](C)NC(=O)[C@H](C[Se]c1ccccc1)NC(=O)[C@@H](N)CC(C)C)C(=O)N[C@@H](CCCCN)C(=O)N[C@H](C(=O)O)[C@@H](C)CC)NC(=O)[C@H](CCC(=O)O)NC(=O)[C@H](C)NC(=O)[C@H](C[Se]c1ccccc1)NC(=O)[C@@H](N)CC(C)C)C(=O)O. The van der Waals surface area contributed by atoms with E-state index >= 15 is 0 Å². The molecular weight excluding hydrogens is 1680 g/mol. The normalized spacial score (nSPS) is 15.4. The summed E-state index contributed by atoms with van der Waals surface area (Å²) in [7, 11) is 1.47. The van der Waals surface area contributed by atoms with Crippen LogP contribution in [-0.2, 0) is 76.7 Å². The van der Waals surface area contributed by atoms with Crippen LogP contribution in [0, 0.1) is 23.7 Å². The van der Waals surface area contributed by atoms with Crippen LogP contribution in [0.15, 0.2) is 60.7 Å². The van der Waals surface area contributed by atoms with Gasteiger partial charge in [-0.1, -0.05) is 62.1 Å². The number of carboxylic acid groups (broad SMARTS) is 4. The monoisotopic (exact) mass is 1800 g/mol. The number of hydrogen-bond acceptors (Lipinski definition) is 22. The van der Waals surface area contributed by atoms with Crippen LogP contribution in [0.1, 0.15) is 159 Å². The molecule has 24 N–H and O–H groups in total. The van der Waals surface area contributed by atoms with Gasteiger partial charge in [0.25, 0.3) is 0 Å². The Bertz CT molecular complexity index is 3310. The molecule has 0 unspecified atom stereocenters. The molecule has 12 amide bonds. The zero-order valence-corrected chi connectivity index (χ0v) is 72.6. The Balaban J connectivity index is 2.85. The fourth-order valence-electron chi connectivity index (χ4n) is 11.1. The van der Waals surface area contributed by atoms with E-state index in [1.807, 2.05) is 52.0 Å². The Morgan fingerprint density at radius 1 is 0.353 bits per heavy atom. The second-order valence-corrected chi connectivity index (χ2v) is 36.2. The van der Waals surface area contributed by atoms with Crippen LogP contribution < -0.4 is 95.7 Å². The smallest absolute Gasteiger partial charge is 0.326 e. The fraction of sp³-hybridized carbons (Fsp3) is 0.632. The zero-order chi connectivity index (χ0) is 87.3. The topological polar surface area (TPSA) is 602 Å². The maximum Gasteiger partial charge on any atom is 0.326 e. The van der Waals surface area contributed by atoms with Gasteiger partial charge in [-0.3, -0.25) is 19.2 Å². The van der Waals surface area contributed by atoms with E-state index in [0.29, 0.717) is 25.7 Å². The first-order chi connectivity index (χ1) is 54.8. The van der Waals surface area contributed by atoms with Gasteiger partial charge in [0, 0.05) is 0 Å². The van der Waals surface area contributed by atoms with Crippen LogP contribution in [0.3, 0.4) is 0 Å². The van der Waals surface area contributed by atoms with Gasteiger partial charge in [-0.05, 0) is 63.5 Å². The van der Waals surface area contributed by atoms with Gasteiger partial charge in [0.1, 0.15) is 24.2 Å². The van der Waals surface area contributed by atoms with Crippen molar-refractivity contribution in [3.05, 3.63) is 60.7 Å². The molecule has 0 fully saturated rings. The molecule has 0 aliphatic heterocycles. The molecule has 0 aliphatic carbocycles. The van der Waals surface area contributed by atoms with Gasteiger partial charge in [-0.25, -0.2) is 9.59 Å². The fourth-order valence-corrected chi connectivity index (χ4v) is 17.3. The molecule has 0 bridgehead atoms. The van der Waals surface area contributed by atoms with Crippen LogP contribution in [0.4, 0.5) is 0 Å². The molecule has 0 saturated carbocycles. The Morgan fingerprint density at radius 3 is 0.922 bits per heavy atom. The molecule has 0 aliphatic rings. The summed E-state index contributed by atoms with van der Waals surface area (Å²) in [6.07, 6.45) is -0.822. The van der Waals surface area contributed by atoms with Crippen LogP contribution in [-0.4, -0.2) is 254 Å². The molecule has 0 heterocycles. The van der Waals surface area contributed by atoms with Crippen LogP contribution in [0.5, 0.6) is 0 Å². The molecular formula is C76H122N16O20S2Se2. The maximum absolute atomic E-state index is 14.9. The third-order valence-corrected chi connectivity index (χ3v) is 25.4. The third-order valence-electron chi connectivity index (χ3n) is 18.3. The molecule has 40 heteroatoms. The number of amides is 12. The van der Waals surface area contributed by atoms with Gasteiger partial charge in [-0.15, -0.1) is 0 Å². The predicted octanol–water partition coefficient (Wildman–Crippen LogP) is -1.88. The van der Waals surface area contributed by atoms with E-state index < -0.39 is 258 Å². The van der Waals surface area contributed by atoms with Crippen molar-refractivity contribution in [3.8, 4) is 0 Å². The number of hydrogen-bond donors (Lipinski definition) is 20. The second-order valence-electron chi connectivity index (χ2n) is 29.1. The second kappa shape index (κ2) is 56.0. The molecule has 0 spiro atoms. The molecule has 0 saturated heterocycles. The molecule has 36 nitrogen and oxygen atoms in total. The molecule has 0 aromatic heterocycles. The first-order valence-electron chi connectivity index (χ1n) is 38.8. The number of carboxylic acids is 4. The number of nitrogens with two attached hydrogens (primary N) is 4. The summed E-state index contributed by atoms with van der Waals surface area (Å²) in [4.78, 5) is 221. The molecule has 0 radical (unpaired) electrons.